The standard InChI is InChI=1S/C18H24ClFO4/c1-11-3-5-14(21-7-11)13-8-23-16(24-9-13)10-22-15-6-4-12(2)18(20)17(15)19/h4,6,11,13-14,16H,3,5,7-10H2,1-2H3/t11?,13?,14-,16?/m0/s1. The van der Waals surface area contributed by atoms with Crippen molar-refractivity contribution in [3.63, 3.8) is 0 Å². The lowest BCUT2D eigenvalue weighted by Crippen LogP contribution is -2.43. The van der Waals surface area contributed by atoms with Gasteiger partial charge in [0.05, 0.1) is 19.3 Å². The molecule has 0 bridgehead atoms. The van der Waals surface area contributed by atoms with Crippen LogP contribution in [0.3, 0.4) is 0 Å². The van der Waals surface area contributed by atoms with Crippen molar-refractivity contribution in [2.24, 2.45) is 11.8 Å². The maximum absolute atomic E-state index is 13.8. The lowest BCUT2D eigenvalue weighted by atomic mass is 9.92. The third-order valence-corrected chi connectivity index (χ3v) is 5.02. The number of aryl methyl sites for hydroxylation is 1. The summed E-state index contributed by atoms with van der Waals surface area (Å²) in [5.41, 5.74) is 0.488. The molecule has 0 amide bonds. The molecule has 24 heavy (non-hydrogen) atoms. The molecule has 134 valence electrons. The largest absolute Gasteiger partial charge is 0.487 e. The van der Waals surface area contributed by atoms with Crippen LogP contribution >= 0.6 is 11.6 Å². The third kappa shape index (κ3) is 4.20. The van der Waals surface area contributed by atoms with Gasteiger partial charge < -0.3 is 18.9 Å². The Morgan fingerprint density at radius 3 is 2.58 bits per heavy atom. The lowest BCUT2D eigenvalue weighted by Gasteiger charge is -2.37. The van der Waals surface area contributed by atoms with Gasteiger partial charge in [0.2, 0.25) is 0 Å². The van der Waals surface area contributed by atoms with Crippen molar-refractivity contribution in [1.82, 2.24) is 0 Å². The molecule has 2 heterocycles. The van der Waals surface area contributed by atoms with Crippen molar-refractivity contribution in [1.29, 1.82) is 0 Å². The van der Waals surface area contributed by atoms with Crippen molar-refractivity contribution < 1.29 is 23.3 Å². The molecule has 1 aromatic carbocycles. The Morgan fingerprint density at radius 2 is 1.92 bits per heavy atom. The van der Waals surface area contributed by atoms with Gasteiger partial charge in [0, 0.05) is 12.5 Å². The predicted molar refractivity (Wildman–Crippen MR) is 89.0 cm³/mol. The topological polar surface area (TPSA) is 36.9 Å². The number of halogens is 2. The molecule has 0 saturated carbocycles. The average Bonchev–Trinajstić information content (AvgIpc) is 2.60. The van der Waals surface area contributed by atoms with Crippen molar-refractivity contribution in [2.75, 3.05) is 26.4 Å². The van der Waals surface area contributed by atoms with E-state index >= 15 is 0 Å². The first-order valence-corrected chi connectivity index (χ1v) is 8.84. The monoisotopic (exact) mass is 358 g/mol. The van der Waals surface area contributed by atoms with E-state index in [4.69, 9.17) is 30.5 Å². The molecule has 0 aliphatic carbocycles. The van der Waals surface area contributed by atoms with Gasteiger partial charge >= 0.3 is 0 Å². The first-order chi connectivity index (χ1) is 11.5. The number of hydrogen-bond donors (Lipinski definition) is 0. The van der Waals surface area contributed by atoms with Gasteiger partial charge in [0.15, 0.2) is 6.29 Å². The minimum Gasteiger partial charge on any atom is -0.487 e. The third-order valence-electron chi connectivity index (χ3n) is 4.67. The summed E-state index contributed by atoms with van der Waals surface area (Å²) < 4.78 is 36.6. The molecule has 2 atom stereocenters. The van der Waals surface area contributed by atoms with E-state index in [1.54, 1.807) is 19.1 Å². The second kappa shape index (κ2) is 8.00. The molecule has 1 unspecified atom stereocenters. The highest BCUT2D eigenvalue weighted by atomic mass is 35.5. The zero-order chi connectivity index (χ0) is 17.1. The smallest absolute Gasteiger partial charge is 0.191 e. The van der Waals surface area contributed by atoms with Crippen LogP contribution in [0.4, 0.5) is 4.39 Å². The van der Waals surface area contributed by atoms with Crippen molar-refractivity contribution >= 4 is 11.6 Å². The zero-order valence-corrected chi connectivity index (χ0v) is 14.9. The highest BCUT2D eigenvalue weighted by Gasteiger charge is 2.32. The summed E-state index contributed by atoms with van der Waals surface area (Å²) in [6.07, 6.45) is 1.98. The fourth-order valence-electron chi connectivity index (χ4n) is 3.04. The fourth-order valence-corrected chi connectivity index (χ4v) is 3.31. The number of hydrogen-bond acceptors (Lipinski definition) is 4. The summed E-state index contributed by atoms with van der Waals surface area (Å²) in [6, 6.07) is 3.29. The number of rotatable bonds is 4. The highest BCUT2D eigenvalue weighted by Crippen LogP contribution is 2.30. The van der Waals surface area contributed by atoms with E-state index in [9.17, 15) is 4.39 Å². The van der Waals surface area contributed by atoms with Crippen LogP contribution in [0.15, 0.2) is 12.1 Å². The van der Waals surface area contributed by atoms with Gasteiger partial charge in [-0.2, -0.15) is 0 Å². The van der Waals surface area contributed by atoms with Crippen LogP contribution < -0.4 is 4.74 Å². The number of ether oxygens (including phenoxy) is 4. The first kappa shape index (κ1) is 17.9. The highest BCUT2D eigenvalue weighted by molar-refractivity contribution is 6.32. The molecular formula is C18H24ClFO4. The quantitative estimate of drug-likeness (QED) is 0.816. The lowest BCUT2D eigenvalue weighted by molar-refractivity contribution is -0.231. The normalized spacial score (nSPS) is 31.0. The van der Waals surface area contributed by atoms with E-state index in [0.717, 1.165) is 13.0 Å². The Labute approximate surface area is 147 Å². The molecule has 0 radical (unpaired) electrons. The minimum atomic E-state index is -0.468. The average molecular weight is 359 g/mol. The SMILES string of the molecule is Cc1ccc(OCC2OCC([C@@H]3CCC(C)CO3)CO2)c(Cl)c1F. The van der Waals surface area contributed by atoms with Gasteiger partial charge in [0.1, 0.15) is 23.2 Å². The van der Waals surface area contributed by atoms with Gasteiger partial charge in [-0.3, -0.25) is 0 Å². The second-order valence-electron chi connectivity index (χ2n) is 6.73. The summed E-state index contributed by atoms with van der Waals surface area (Å²) in [5, 5.41) is -0.00610. The molecule has 1 aromatic rings. The molecular weight excluding hydrogens is 335 g/mol. The molecule has 2 aliphatic rings. The molecule has 0 spiro atoms. The van der Waals surface area contributed by atoms with Crippen LogP contribution in [0.1, 0.15) is 25.3 Å². The van der Waals surface area contributed by atoms with Crippen LogP contribution in [-0.2, 0) is 14.2 Å². The molecule has 2 saturated heterocycles. The van der Waals surface area contributed by atoms with Crippen LogP contribution in [-0.4, -0.2) is 38.8 Å². The van der Waals surface area contributed by atoms with Crippen LogP contribution in [0, 0.1) is 24.6 Å². The molecule has 0 aromatic heterocycles. The fraction of sp³-hybridized carbons (Fsp3) is 0.667. The Morgan fingerprint density at radius 1 is 1.17 bits per heavy atom. The van der Waals surface area contributed by atoms with Crippen molar-refractivity contribution in [2.45, 2.75) is 39.1 Å². The molecule has 2 aliphatic heterocycles. The Kier molecular flexibility index (Phi) is 5.98. The van der Waals surface area contributed by atoms with E-state index in [0.29, 0.717) is 30.4 Å². The summed E-state index contributed by atoms with van der Waals surface area (Å²) in [4.78, 5) is 0. The van der Waals surface area contributed by atoms with E-state index < -0.39 is 12.1 Å². The minimum absolute atomic E-state index is 0.00610. The molecule has 4 nitrogen and oxygen atoms in total. The van der Waals surface area contributed by atoms with Gasteiger partial charge in [-0.05, 0) is 37.3 Å². The van der Waals surface area contributed by atoms with Gasteiger partial charge in [-0.25, -0.2) is 4.39 Å². The molecule has 3 rings (SSSR count). The molecule has 0 N–H and O–H groups in total. The maximum atomic E-state index is 13.8. The molecule has 6 heteroatoms. The predicted octanol–water partition coefficient (Wildman–Crippen LogP) is 3.97. The van der Waals surface area contributed by atoms with Gasteiger partial charge in [0.25, 0.3) is 0 Å². The van der Waals surface area contributed by atoms with E-state index in [1.807, 2.05) is 0 Å². The van der Waals surface area contributed by atoms with Gasteiger partial charge in [-0.1, -0.05) is 24.6 Å². The van der Waals surface area contributed by atoms with Crippen molar-refractivity contribution in [3.05, 3.63) is 28.5 Å². The Hall–Kier alpha value is -0.880. The second-order valence-corrected chi connectivity index (χ2v) is 7.11. The summed E-state index contributed by atoms with van der Waals surface area (Å²) >= 11 is 5.95. The summed E-state index contributed by atoms with van der Waals surface area (Å²) in [6.45, 7) is 6.03. The van der Waals surface area contributed by atoms with Crippen LogP contribution in [0.5, 0.6) is 5.75 Å². The van der Waals surface area contributed by atoms with Gasteiger partial charge in [-0.15, -0.1) is 0 Å². The van der Waals surface area contributed by atoms with Crippen LogP contribution in [0.2, 0.25) is 5.02 Å². The van der Waals surface area contributed by atoms with E-state index in [-0.39, 0.29) is 23.7 Å². The zero-order valence-electron chi connectivity index (χ0n) is 14.1. The maximum Gasteiger partial charge on any atom is 0.191 e. The Bertz CT molecular complexity index is 552. The van der Waals surface area contributed by atoms with E-state index in [1.165, 1.54) is 6.42 Å². The summed E-state index contributed by atoms with van der Waals surface area (Å²) in [7, 11) is 0. The van der Waals surface area contributed by atoms with Crippen LogP contribution in [0.25, 0.3) is 0 Å². The molecule has 2 fully saturated rings. The Balaban J connectivity index is 1.45. The number of benzene rings is 1. The summed E-state index contributed by atoms with van der Waals surface area (Å²) in [5.74, 6) is 0.740. The van der Waals surface area contributed by atoms with Crippen molar-refractivity contribution in [3.8, 4) is 5.75 Å². The first-order valence-electron chi connectivity index (χ1n) is 8.46. The van der Waals surface area contributed by atoms with E-state index in [2.05, 4.69) is 6.92 Å².